The van der Waals surface area contributed by atoms with Gasteiger partial charge in [0, 0.05) is 21.8 Å². The Labute approximate surface area is 182 Å². The van der Waals surface area contributed by atoms with Crippen LogP contribution in [0.2, 0.25) is 5.02 Å². The highest BCUT2D eigenvalue weighted by Crippen LogP contribution is 2.35. The summed E-state index contributed by atoms with van der Waals surface area (Å²) in [6, 6.07) is 15.4. The first-order chi connectivity index (χ1) is 14.7. The predicted octanol–water partition coefficient (Wildman–Crippen LogP) is 3.86. The maximum Gasteiger partial charge on any atom is 0.271 e. The van der Waals surface area contributed by atoms with Crippen molar-refractivity contribution in [2.24, 2.45) is 5.10 Å². The van der Waals surface area contributed by atoms with E-state index in [-0.39, 0.29) is 11.5 Å². The smallest absolute Gasteiger partial charge is 0.271 e. The minimum Gasteiger partial charge on any atom is -0.504 e. The van der Waals surface area contributed by atoms with E-state index in [0.717, 1.165) is 12.1 Å². The minimum atomic E-state index is -0.709. The van der Waals surface area contributed by atoms with E-state index in [1.54, 1.807) is 55.5 Å². The molecule has 9 heteroatoms. The fourth-order valence-corrected chi connectivity index (χ4v) is 2.72. The second kappa shape index (κ2) is 9.19. The van der Waals surface area contributed by atoms with Gasteiger partial charge in [0.2, 0.25) is 0 Å². The van der Waals surface area contributed by atoms with Gasteiger partial charge in [-0.05, 0) is 61.0 Å². The summed E-state index contributed by atoms with van der Waals surface area (Å²) in [5.41, 5.74) is 4.46. The van der Waals surface area contributed by atoms with Crippen molar-refractivity contribution in [3.05, 3.63) is 82.4 Å². The first-order valence-electron chi connectivity index (χ1n) is 9.01. The summed E-state index contributed by atoms with van der Waals surface area (Å²) in [4.78, 5) is 24.4. The molecule has 0 unspecified atom stereocenters. The van der Waals surface area contributed by atoms with Crippen molar-refractivity contribution in [1.29, 1.82) is 0 Å². The van der Waals surface area contributed by atoms with Crippen molar-refractivity contribution in [1.82, 2.24) is 5.43 Å². The second-order valence-corrected chi connectivity index (χ2v) is 6.98. The Kier molecular flexibility index (Phi) is 6.42. The van der Waals surface area contributed by atoms with Crippen LogP contribution in [-0.2, 0) is 0 Å². The van der Waals surface area contributed by atoms with Gasteiger partial charge in [0.05, 0.1) is 5.71 Å². The van der Waals surface area contributed by atoms with Gasteiger partial charge in [0.1, 0.15) is 0 Å². The fourth-order valence-electron chi connectivity index (χ4n) is 2.60. The van der Waals surface area contributed by atoms with Crippen LogP contribution in [0.25, 0.3) is 0 Å². The molecule has 0 atom stereocenters. The van der Waals surface area contributed by atoms with Gasteiger partial charge in [-0.25, -0.2) is 5.43 Å². The first-order valence-corrected chi connectivity index (χ1v) is 9.39. The monoisotopic (exact) mass is 439 g/mol. The number of nitrogens with zero attached hydrogens (tertiary/aromatic N) is 1. The number of hydrogen-bond donors (Lipinski definition) is 5. The van der Waals surface area contributed by atoms with Crippen molar-refractivity contribution in [3.8, 4) is 17.2 Å². The Morgan fingerprint density at radius 2 is 1.35 bits per heavy atom. The highest BCUT2D eigenvalue weighted by molar-refractivity contribution is 6.30. The Hall–Kier alpha value is -4.04. The number of halogens is 1. The van der Waals surface area contributed by atoms with E-state index in [4.69, 9.17) is 11.6 Å². The van der Waals surface area contributed by atoms with Gasteiger partial charge in [-0.1, -0.05) is 23.7 Å². The van der Waals surface area contributed by atoms with E-state index < -0.39 is 23.2 Å². The summed E-state index contributed by atoms with van der Waals surface area (Å²) < 4.78 is 0. The quantitative estimate of drug-likeness (QED) is 0.234. The summed E-state index contributed by atoms with van der Waals surface area (Å²) in [5.74, 6) is -2.91. The summed E-state index contributed by atoms with van der Waals surface area (Å²) in [6.45, 7) is 1.67. The number of carbonyl (C=O) groups is 2. The second-order valence-electron chi connectivity index (χ2n) is 6.54. The van der Waals surface area contributed by atoms with Crippen molar-refractivity contribution >= 4 is 34.8 Å². The zero-order chi connectivity index (χ0) is 22.5. The third kappa shape index (κ3) is 5.31. The van der Waals surface area contributed by atoms with Crippen LogP contribution in [0.3, 0.4) is 0 Å². The molecule has 2 amide bonds. The zero-order valence-corrected chi connectivity index (χ0v) is 17.0. The molecule has 8 nitrogen and oxygen atoms in total. The Morgan fingerprint density at radius 3 is 1.94 bits per heavy atom. The molecule has 0 spiro atoms. The fraction of sp³-hybridized carbons (Fsp3) is 0.0455. The van der Waals surface area contributed by atoms with E-state index in [1.807, 2.05) is 0 Å². The molecule has 0 saturated heterocycles. The van der Waals surface area contributed by atoms with Crippen molar-refractivity contribution in [3.63, 3.8) is 0 Å². The topological polar surface area (TPSA) is 131 Å². The van der Waals surface area contributed by atoms with Crippen LogP contribution in [-0.4, -0.2) is 32.8 Å². The predicted molar refractivity (Wildman–Crippen MR) is 117 cm³/mol. The summed E-state index contributed by atoms with van der Waals surface area (Å²) in [6.07, 6.45) is 0. The van der Waals surface area contributed by atoms with E-state index in [9.17, 15) is 24.9 Å². The average Bonchev–Trinajstić information content (AvgIpc) is 2.76. The molecular formula is C22H18ClN3O5. The summed E-state index contributed by atoms with van der Waals surface area (Å²) in [5, 5.41) is 35.6. The normalized spacial score (nSPS) is 11.1. The highest BCUT2D eigenvalue weighted by Gasteiger charge is 2.13. The number of phenolic OH excluding ortho intramolecular Hbond substituents is 3. The third-order valence-corrected chi connectivity index (χ3v) is 4.58. The number of rotatable bonds is 5. The van der Waals surface area contributed by atoms with Gasteiger partial charge in [0.15, 0.2) is 17.2 Å². The number of aromatic hydroxyl groups is 3. The highest BCUT2D eigenvalue weighted by atomic mass is 35.5. The molecule has 0 bridgehead atoms. The number of phenols is 3. The van der Waals surface area contributed by atoms with Gasteiger partial charge in [-0.3, -0.25) is 9.59 Å². The van der Waals surface area contributed by atoms with Gasteiger partial charge in [-0.15, -0.1) is 0 Å². The zero-order valence-electron chi connectivity index (χ0n) is 16.3. The van der Waals surface area contributed by atoms with Crippen LogP contribution in [0.4, 0.5) is 5.69 Å². The van der Waals surface area contributed by atoms with Crippen molar-refractivity contribution in [2.45, 2.75) is 6.92 Å². The molecule has 3 aromatic carbocycles. The number of nitrogens with one attached hydrogen (secondary N) is 2. The molecule has 0 radical (unpaired) electrons. The molecule has 3 rings (SSSR count). The maximum atomic E-state index is 12.2. The number of carbonyl (C=O) groups excluding carboxylic acids is 2. The van der Waals surface area contributed by atoms with Crippen LogP contribution >= 0.6 is 11.6 Å². The van der Waals surface area contributed by atoms with E-state index >= 15 is 0 Å². The molecule has 0 fully saturated rings. The molecule has 0 aliphatic heterocycles. The number of benzene rings is 3. The average molecular weight is 440 g/mol. The number of anilines is 1. The van der Waals surface area contributed by atoms with Crippen LogP contribution in [0, 0.1) is 0 Å². The third-order valence-electron chi connectivity index (χ3n) is 4.32. The molecule has 5 N–H and O–H groups in total. The summed E-state index contributed by atoms with van der Waals surface area (Å²) >= 11 is 5.82. The largest absolute Gasteiger partial charge is 0.504 e. The summed E-state index contributed by atoms with van der Waals surface area (Å²) in [7, 11) is 0. The lowest BCUT2D eigenvalue weighted by molar-refractivity contribution is 0.0953. The Morgan fingerprint density at radius 1 is 0.806 bits per heavy atom. The SMILES string of the molecule is CC(=NNC(=O)c1cc(O)c(O)c(O)c1)c1ccc(NC(=O)c2ccc(Cl)cc2)cc1. The first kappa shape index (κ1) is 21.7. The molecule has 0 aliphatic rings. The molecule has 31 heavy (non-hydrogen) atoms. The van der Waals surface area contributed by atoms with E-state index in [2.05, 4.69) is 15.8 Å². The maximum absolute atomic E-state index is 12.2. The van der Waals surface area contributed by atoms with E-state index in [1.165, 1.54) is 0 Å². The lowest BCUT2D eigenvalue weighted by atomic mass is 10.1. The lowest BCUT2D eigenvalue weighted by Gasteiger charge is -2.08. The van der Waals surface area contributed by atoms with Crippen LogP contribution in [0.5, 0.6) is 17.2 Å². The molecule has 0 saturated carbocycles. The van der Waals surface area contributed by atoms with Gasteiger partial charge >= 0.3 is 0 Å². The molecule has 3 aromatic rings. The van der Waals surface area contributed by atoms with Crippen LogP contribution in [0.1, 0.15) is 33.2 Å². The Balaban J connectivity index is 1.64. The number of hydrazone groups is 1. The molecule has 0 aliphatic carbocycles. The van der Waals surface area contributed by atoms with Gasteiger partial charge < -0.3 is 20.6 Å². The van der Waals surface area contributed by atoms with Crippen molar-refractivity contribution < 1.29 is 24.9 Å². The number of amides is 2. The van der Waals surface area contributed by atoms with E-state index in [0.29, 0.717) is 27.5 Å². The minimum absolute atomic E-state index is 0.0791. The molecule has 0 heterocycles. The Bertz CT molecular complexity index is 1140. The number of hydrogen-bond acceptors (Lipinski definition) is 6. The molecule has 158 valence electrons. The van der Waals surface area contributed by atoms with Gasteiger partial charge in [-0.2, -0.15) is 5.10 Å². The lowest BCUT2D eigenvalue weighted by Crippen LogP contribution is -2.19. The standard InChI is InChI=1S/C22H18ClN3O5/c1-12(25-26-22(31)15-10-18(27)20(29)19(28)11-15)13-4-8-17(9-5-13)24-21(30)14-2-6-16(23)7-3-14/h2-11,27-29H,1H3,(H,24,30)(H,26,31). The molecule has 0 aromatic heterocycles. The molecular weight excluding hydrogens is 422 g/mol. The van der Waals surface area contributed by atoms with Crippen LogP contribution < -0.4 is 10.7 Å². The van der Waals surface area contributed by atoms with Crippen LogP contribution in [0.15, 0.2) is 65.8 Å². The van der Waals surface area contributed by atoms with Crippen molar-refractivity contribution in [2.75, 3.05) is 5.32 Å². The van der Waals surface area contributed by atoms with Gasteiger partial charge in [0.25, 0.3) is 11.8 Å².